The van der Waals surface area contributed by atoms with E-state index < -0.39 is 4.75 Å². The first kappa shape index (κ1) is 25.3. The maximum Gasteiger partial charge on any atom is 0.286 e. The molecule has 2 amide bonds. The lowest BCUT2D eigenvalue weighted by molar-refractivity contribution is -0.121. The van der Waals surface area contributed by atoms with Crippen molar-refractivity contribution in [2.75, 3.05) is 0 Å². The number of amides is 2. The fourth-order valence-electron chi connectivity index (χ4n) is 3.90. The van der Waals surface area contributed by atoms with Gasteiger partial charge in [0.1, 0.15) is 34.4 Å². The molecule has 0 aliphatic carbocycles. The number of aromatic nitrogens is 2. The highest BCUT2D eigenvalue weighted by molar-refractivity contribution is 8.16. The second kappa shape index (κ2) is 10.9. The van der Waals surface area contributed by atoms with Crippen LogP contribution < -0.4 is 14.8 Å². The van der Waals surface area contributed by atoms with Crippen LogP contribution >= 0.6 is 11.8 Å². The quantitative estimate of drug-likeness (QED) is 0.321. The fourth-order valence-corrected chi connectivity index (χ4v) is 4.83. The maximum absolute atomic E-state index is 12.1. The Hall–Kier alpha value is -3.78. The molecule has 1 atom stereocenters. The Bertz CT molecular complexity index is 1370. The van der Waals surface area contributed by atoms with Crippen molar-refractivity contribution < 1.29 is 19.1 Å². The summed E-state index contributed by atoms with van der Waals surface area (Å²) in [5, 5.41) is 2.05. The van der Waals surface area contributed by atoms with Gasteiger partial charge in [-0.3, -0.25) is 14.9 Å². The molecule has 1 aromatic heterocycles. The number of fused-ring (bicyclic) bond motifs is 1. The maximum atomic E-state index is 12.1. The zero-order valence-electron chi connectivity index (χ0n) is 20.8. The van der Waals surface area contributed by atoms with E-state index in [4.69, 9.17) is 9.47 Å². The first-order valence-corrected chi connectivity index (χ1v) is 12.7. The lowest BCUT2D eigenvalue weighted by atomic mass is 9.99. The van der Waals surface area contributed by atoms with Crippen LogP contribution in [-0.2, 0) is 24.9 Å². The third kappa shape index (κ3) is 5.54. The number of thioether (sulfide) groups is 1. The normalized spacial score (nSPS) is 16.9. The Morgan fingerprint density at radius 1 is 0.944 bits per heavy atom. The van der Waals surface area contributed by atoms with Gasteiger partial charge < -0.3 is 14.0 Å². The molecule has 1 aliphatic heterocycles. The average molecular weight is 504 g/mol. The van der Waals surface area contributed by atoms with Crippen molar-refractivity contribution in [2.45, 2.75) is 38.5 Å². The Morgan fingerprint density at radius 3 is 2.31 bits per heavy atom. The van der Waals surface area contributed by atoms with E-state index in [0.29, 0.717) is 18.8 Å². The van der Waals surface area contributed by atoms with Crippen LogP contribution in [0.1, 0.15) is 32.2 Å². The minimum atomic E-state index is -0.782. The summed E-state index contributed by atoms with van der Waals surface area (Å²) in [6.45, 7) is 6.09. The zero-order valence-corrected chi connectivity index (χ0v) is 21.6. The molecule has 7 nitrogen and oxygen atoms in total. The molecule has 3 aromatic carbocycles. The van der Waals surface area contributed by atoms with Crippen molar-refractivity contribution in [3.8, 4) is 17.2 Å². The van der Waals surface area contributed by atoms with Gasteiger partial charge in [0.15, 0.2) is 0 Å². The number of imide groups is 1. The number of para-hydroxylation sites is 1. The summed E-state index contributed by atoms with van der Waals surface area (Å²) in [5.74, 6) is 2.77. The SMILES string of the molecule is CC.Cn1c(COc2ccc(CC3(C)SC(=O)NC3=O)cc2)nc2ccc(Oc3ccccc3)cc21. The minimum Gasteiger partial charge on any atom is -0.486 e. The lowest BCUT2D eigenvalue weighted by Crippen LogP contribution is -2.35. The molecule has 0 bridgehead atoms. The number of nitrogens with one attached hydrogen (secondary N) is 1. The molecule has 1 saturated heterocycles. The van der Waals surface area contributed by atoms with Crippen LogP contribution in [0.15, 0.2) is 72.8 Å². The van der Waals surface area contributed by atoms with Gasteiger partial charge in [0, 0.05) is 13.1 Å². The summed E-state index contributed by atoms with van der Waals surface area (Å²) >= 11 is 1.04. The highest BCUT2D eigenvalue weighted by Gasteiger charge is 2.43. The van der Waals surface area contributed by atoms with Gasteiger partial charge >= 0.3 is 0 Å². The molecule has 186 valence electrons. The van der Waals surface area contributed by atoms with Crippen LogP contribution in [0.2, 0.25) is 0 Å². The molecule has 0 radical (unpaired) electrons. The van der Waals surface area contributed by atoms with Gasteiger partial charge in [0.2, 0.25) is 5.91 Å². The van der Waals surface area contributed by atoms with Crippen LogP contribution in [0.3, 0.4) is 0 Å². The highest BCUT2D eigenvalue weighted by Crippen LogP contribution is 2.35. The number of hydrogen-bond donors (Lipinski definition) is 1. The molecule has 1 N–H and O–H groups in total. The van der Waals surface area contributed by atoms with Crippen LogP contribution in [0.4, 0.5) is 4.79 Å². The molecular formula is C28H29N3O4S. The van der Waals surface area contributed by atoms with E-state index in [1.807, 2.05) is 98.3 Å². The van der Waals surface area contributed by atoms with Gasteiger partial charge in [-0.1, -0.05) is 44.2 Å². The molecule has 5 rings (SSSR count). The van der Waals surface area contributed by atoms with Crippen LogP contribution in [0.25, 0.3) is 11.0 Å². The molecule has 8 heteroatoms. The van der Waals surface area contributed by atoms with E-state index in [1.165, 1.54) is 0 Å². The zero-order chi connectivity index (χ0) is 25.7. The molecular weight excluding hydrogens is 474 g/mol. The first-order valence-electron chi connectivity index (χ1n) is 11.8. The topological polar surface area (TPSA) is 82.5 Å². The summed E-state index contributed by atoms with van der Waals surface area (Å²) in [6, 6.07) is 23.0. The van der Waals surface area contributed by atoms with E-state index in [1.54, 1.807) is 6.92 Å². The number of ether oxygens (including phenoxy) is 2. The number of hydrogen-bond acceptors (Lipinski definition) is 6. The summed E-state index contributed by atoms with van der Waals surface area (Å²) in [7, 11) is 1.95. The predicted octanol–water partition coefficient (Wildman–Crippen LogP) is 6.26. The molecule has 1 aliphatic rings. The smallest absolute Gasteiger partial charge is 0.286 e. The molecule has 0 saturated carbocycles. The number of carbonyl (C=O) groups excluding carboxylic acids is 2. The summed E-state index contributed by atoms with van der Waals surface area (Å²) in [4.78, 5) is 28.3. The largest absolute Gasteiger partial charge is 0.486 e. The van der Waals surface area contributed by atoms with Gasteiger partial charge in [-0.25, -0.2) is 4.98 Å². The van der Waals surface area contributed by atoms with Crippen molar-refractivity contribution in [1.82, 2.24) is 14.9 Å². The van der Waals surface area contributed by atoms with Crippen molar-refractivity contribution >= 4 is 33.9 Å². The Kier molecular flexibility index (Phi) is 7.64. The molecule has 36 heavy (non-hydrogen) atoms. The van der Waals surface area contributed by atoms with Crippen LogP contribution in [0, 0.1) is 0 Å². The standard InChI is InChI=1S/C26H23N3O4S.C2H6/c1-26(24(30)28-25(31)34-26)15-17-8-10-18(11-9-17)32-16-23-27-21-13-12-20(14-22(21)29(23)2)33-19-6-4-3-5-7-19;1-2/h3-14H,15-16H2,1-2H3,(H,28,30,31);1-2H3. The van der Waals surface area contributed by atoms with E-state index in [-0.39, 0.29) is 11.1 Å². The first-order chi connectivity index (χ1) is 17.4. The van der Waals surface area contributed by atoms with Crippen molar-refractivity contribution in [1.29, 1.82) is 0 Å². The van der Waals surface area contributed by atoms with Gasteiger partial charge in [-0.15, -0.1) is 0 Å². The molecule has 4 aromatic rings. The number of benzene rings is 3. The van der Waals surface area contributed by atoms with Gasteiger partial charge in [-0.05, 0) is 67.1 Å². The molecule has 0 spiro atoms. The summed E-state index contributed by atoms with van der Waals surface area (Å²) < 4.78 is 13.1. The summed E-state index contributed by atoms with van der Waals surface area (Å²) in [6.07, 6.45) is 0.466. The minimum absolute atomic E-state index is 0.248. The van der Waals surface area contributed by atoms with E-state index in [2.05, 4.69) is 10.3 Å². The molecule has 1 unspecified atom stereocenters. The number of carbonyl (C=O) groups is 2. The van der Waals surface area contributed by atoms with E-state index >= 15 is 0 Å². The summed E-state index contributed by atoms with van der Waals surface area (Å²) in [5.41, 5.74) is 2.78. The monoisotopic (exact) mass is 503 g/mol. The average Bonchev–Trinajstić information content (AvgIpc) is 3.33. The second-order valence-corrected chi connectivity index (χ2v) is 9.81. The second-order valence-electron chi connectivity index (χ2n) is 8.34. The Labute approximate surface area is 214 Å². The van der Waals surface area contributed by atoms with Crippen molar-refractivity contribution in [2.24, 2.45) is 7.05 Å². The van der Waals surface area contributed by atoms with Gasteiger partial charge in [-0.2, -0.15) is 0 Å². The van der Waals surface area contributed by atoms with Gasteiger partial charge in [0.25, 0.3) is 5.24 Å². The molecule has 2 heterocycles. The Morgan fingerprint density at radius 2 is 1.64 bits per heavy atom. The van der Waals surface area contributed by atoms with Crippen LogP contribution in [0.5, 0.6) is 17.2 Å². The van der Waals surface area contributed by atoms with Crippen molar-refractivity contribution in [3.05, 3.63) is 84.2 Å². The van der Waals surface area contributed by atoms with E-state index in [9.17, 15) is 9.59 Å². The third-order valence-corrected chi connectivity index (χ3v) is 6.84. The predicted molar refractivity (Wildman–Crippen MR) is 143 cm³/mol. The van der Waals surface area contributed by atoms with Crippen LogP contribution in [-0.4, -0.2) is 25.4 Å². The number of nitrogens with zero attached hydrogens (tertiary/aromatic N) is 2. The number of rotatable bonds is 7. The van der Waals surface area contributed by atoms with Crippen molar-refractivity contribution in [3.63, 3.8) is 0 Å². The van der Waals surface area contributed by atoms with Gasteiger partial charge in [0.05, 0.1) is 11.0 Å². The molecule has 1 fully saturated rings. The number of imidazole rings is 1. The Balaban J connectivity index is 0.00000148. The lowest BCUT2D eigenvalue weighted by Gasteiger charge is -2.18. The fraction of sp³-hybridized carbons (Fsp3) is 0.250. The highest BCUT2D eigenvalue weighted by atomic mass is 32.2. The number of aryl methyl sites for hydroxylation is 1. The van der Waals surface area contributed by atoms with E-state index in [0.717, 1.165) is 45.7 Å². The third-order valence-electron chi connectivity index (χ3n) is 5.77.